The van der Waals surface area contributed by atoms with Crippen molar-refractivity contribution in [2.45, 2.75) is 26.4 Å². The first-order valence-electron chi connectivity index (χ1n) is 4.93. The average molecular weight is 225 g/mol. The molecule has 5 heteroatoms. The molecule has 0 rings (SSSR count). The fourth-order valence-corrected chi connectivity index (χ4v) is 0.821. The normalized spacial score (nSPS) is 11.8. The lowest BCUT2D eigenvalue weighted by atomic mass is 10.4. The fraction of sp³-hybridized carbons (Fsp3) is 1.00. The standard InChI is InChI=1S/C7H17NO3S.C2H6/c1-10-7(5-9)6-11-4-2-3-8-12;1-2/h7-9,12H,2-6H2,1H3;1-2H3. The molecule has 88 valence electrons. The van der Waals surface area contributed by atoms with Crippen LogP contribution in [0.2, 0.25) is 0 Å². The highest BCUT2D eigenvalue weighted by atomic mass is 32.1. The Balaban J connectivity index is 0. The number of hydrogen-bond donors (Lipinski definition) is 3. The van der Waals surface area contributed by atoms with Crippen molar-refractivity contribution in [3.63, 3.8) is 0 Å². The Kier molecular flexibility index (Phi) is 18.6. The molecule has 0 saturated carbocycles. The minimum absolute atomic E-state index is 0.00131. The molecule has 0 saturated heterocycles. The lowest BCUT2D eigenvalue weighted by molar-refractivity contribution is -0.0199. The summed E-state index contributed by atoms with van der Waals surface area (Å²) in [6.45, 7) is 5.92. The zero-order chi connectivity index (χ0) is 11.2. The molecule has 1 unspecified atom stereocenters. The summed E-state index contributed by atoms with van der Waals surface area (Å²) in [4.78, 5) is 0. The van der Waals surface area contributed by atoms with Crippen LogP contribution in [-0.4, -0.2) is 44.7 Å². The molecule has 1 atom stereocenters. The molecule has 0 fully saturated rings. The van der Waals surface area contributed by atoms with Crippen LogP contribution in [0.3, 0.4) is 0 Å². The summed E-state index contributed by atoms with van der Waals surface area (Å²) in [7, 11) is 1.56. The second kappa shape index (κ2) is 15.7. The van der Waals surface area contributed by atoms with Crippen LogP contribution in [0.5, 0.6) is 0 Å². The van der Waals surface area contributed by atoms with E-state index in [9.17, 15) is 0 Å². The van der Waals surface area contributed by atoms with Crippen LogP contribution >= 0.6 is 12.8 Å². The van der Waals surface area contributed by atoms with E-state index in [1.54, 1.807) is 7.11 Å². The van der Waals surface area contributed by atoms with Crippen molar-refractivity contribution >= 4 is 12.8 Å². The van der Waals surface area contributed by atoms with E-state index in [4.69, 9.17) is 14.6 Å². The monoisotopic (exact) mass is 225 g/mol. The minimum atomic E-state index is -0.200. The van der Waals surface area contributed by atoms with Gasteiger partial charge in [0.05, 0.1) is 13.2 Å². The summed E-state index contributed by atoms with van der Waals surface area (Å²) in [5.74, 6) is 0. The molecule has 0 aliphatic heterocycles. The average Bonchev–Trinajstić information content (AvgIpc) is 2.26. The number of hydrogen-bond acceptors (Lipinski definition) is 5. The van der Waals surface area contributed by atoms with Crippen LogP contribution in [0.15, 0.2) is 0 Å². The van der Waals surface area contributed by atoms with Gasteiger partial charge in [-0.1, -0.05) is 26.7 Å². The predicted molar refractivity (Wildman–Crippen MR) is 61.7 cm³/mol. The Morgan fingerprint density at radius 1 is 1.43 bits per heavy atom. The quantitative estimate of drug-likeness (QED) is 0.424. The van der Waals surface area contributed by atoms with E-state index in [2.05, 4.69) is 17.5 Å². The third kappa shape index (κ3) is 12.2. The van der Waals surface area contributed by atoms with Crippen molar-refractivity contribution < 1.29 is 14.6 Å². The van der Waals surface area contributed by atoms with Gasteiger partial charge in [0.25, 0.3) is 0 Å². The van der Waals surface area contributed by atoms with Crippen LogP contribution in [0.25, 0.3) is 0 Å². The van der Waals surface area contributed by atoms with Crippen LogP contribution in [-0.2, 0) is 9.47 Å². The first kappa shape index (κ1) is 16.6. The molecule has 0 spiro atoms. The second-order valence-corrected chi connectivity index (χ2v) is 2.69. The molecular formula is C9H23NO3S. The smallest absolute Gasteiger partial charge is 0.103 e. The summed E-state index contributed by atoms with van der Waals surface area (Å²) in [6, 6.07) is 0. The molecule has 4 nitrogen and oxygen atoms in total. The summed E-state index contributed by atoms with van der Waals surface area (Å²) in [5.41, 5.74) is 0. The maximum absolute atomic E-state index is 8.70. The van der Waals surface area contributed by atoms with Gasteiger partial charge in [0, 0.05) is 20.3 Å². The molecule has 0 amide bonds. The van der Waals surface area contributed by atoms with Crippen molar-refractivity contribution in [1.82, 2.24) is 4.72 Å². The van der Waals surface area contributed by atoms with Gasteiger partial charge >= 0.3 is 0 Å². The van der Waals surface area contributed by atoms with E-state index in [0.717, 1.165) is 13.0 Å². The Labute approximate surface area is 92.5 Å². The fourth-order valence-electron chi connectivity index (χ4n) is 0.663. The highest BCUT2D eigenvalue weighted by Crippen LogP contribution is 1.90. The van der Waals surface area contributed by atoms with Crippen molar-refractivity contribution in [3.05, 3.63) is 0 Å². The first-order chi connectivity index (χ1) is 6.85. The van der Waals surface area contributed by atoms with Gasteiger partial charge in [0.2, 0.25) is 0 Å². The van der Waals surface area contributed by atoms with Gasteiger partial charge in [-0.25, -0.2) is 0 Å². The Bertz CT molecular complexity index is 92.1. The predicted octanol–water partition coefficient (Wildman–Crippen LogP) is 0.861. The summed E-state index contributed by atoms with van der Waals surface area (Å²) in [5, 5.41) is 8.70. The van der Waals surface area contributed by atoms with E-state index >= 15 is 0 Å². The Morgan fingerprint density at radius 3 is 2.50 bits per heavy atom. The molecule has 0 bridgehead atoms. The number of aliphatic hydroxyl groups excluding tert-OH is 1. The number of ether oxygens (including phenoxy) is 2. The lowest BCUT2D eigenvalue weighted by Gasteiger charge is -2.11. The van der Waals surface area contributed by atoms with Gasteiger partial charge < -0.3 is 14.6 Å². The van der Waals surface area contributed by atoms with Gasteiger partial charge in [-0.15, -0.1) is 0 Å². The zero-order valence-electron chi connectivity index (χ0n) is 9.32. The molecule has 0 heterocycles. The molecule has 0 aliphatic rings. The van der Waals surface area contributed by atoms with Gasteiger partial charge in [0.15, 0.2) is 0 Å². The van der Waals surface area contributed by atoms with Crippen LogP contribution in [0, 0.1) is 0 Å². The van der Waals surface area contributed by atoms with E-state index < -0.39 is 0 Å². The van der Waals surface area contributed by atoms with E-state index in [1.165, 1.54) is 0 Å². The second-order valence-electron chi connectivity index (χ2n) is 2.38. The summed E-state index contributed by atoms with van der Waals surface area (Å²) >= 11 is 3.83. The third-order valence-electron chi connectivity index (χ3n) is 1.42. The highest BCUT2D eigenvalue weighted by molar-refractivity contribution is 7.78. The molecule has 0 aromatic rings. The summed E-state index contributed by atoms with van der Waals surface area (Å²) < 4.78 is 12.8. The zero-order valence-corrected chi connectivity index (χ0v) is 10.2. The Morgan fingerprint density at radius 2 is 2.07 bits per heavy atom. The molecule has 14 heavy (non-hydrogen) atoms. The largest absolute Gasteiger partial charge is 0.394 e. The maximum atomic E-state index is 8.70. The maximum Gasteiger partial charge on any atom is 0.103 e. The molecule has 0 aromatic carbocycles. The first-order valence-corrected chi connectivity index (χ1v) is 5.38. The van der Waals surface area contributed by atoms with E-state index in [-0.39, 0.29) is 12.7 Å². The van der Waals surface area contributed by atoms with Crippen molar-refractivity contribution in [3.8, 4) is 0 Å². The van der Waals surface area contributed by atoms with Crippen molar-refractivity contribution in [2.24, 2.45) is 0 Å². The van der Waals surface area contributed by atoms with Gasteiger partial charge in [-0.05, 0) is 6.42 Å². The third-order valence-corrected chi connectivity index (χ3v) is 1.64. The number of aliphatic hydroxyl groups is 1. The molecule has 0 radical (unpaired) electrons. The lowest BCUT2D eigenvalue weighted by Crippen LogP contribution is -2.23. The van der Waals surface area contributed by atoms with Gasteiger partial charge in [-0.3, -0.25) is 4.72 Å². The van der Waals surface area contributed by atoms with Gasteiger partial charge in [0.1, 0.15) is 6.10 Å². The highest BCUT2D eigenvalue weighted by Gasteiger charge is 2.03. The Hall–Kier alpha value is 0.190. The minimum Gasteiger partial charge on any atom is -0.394 e. The van der Waals surface area contributed by atoms with Gasteiger partial charge in [-0.2, -0.15) is 0 Å². The van der Waals surface area contributed by atoms with E-state index in [0.29, 0.717) is 13.2 Å². The van der Waals surface area contributed by atoms with Crippen LogP contribution in [0.1, 0.15) is 20.3 Å². The van der Waals surface area contributed by atoms with Crippen LogP contribution in [0.4, 0.5) is 0 Å². The SMILES string of the molecule is CC.COC(CO)COCCCNS. The summed E-state index contributed by atoms with van der Waals surface area (Å²) in [6.07, 6.45) is 0.708. The molecule has 0 aromatic heterocycles. The number of methoxy groups -OCH3 is 1. The topological polar surface area (TPSA) is 50.7 Å². The number of nitrogens with one attached hydrogen (secondary N) is 1. The molecule has 0 aliphatic carbocycles. The van der Waals surface area contributed by atoms with E-state index in [1.807, 2.05) is 13.8 Å². The molecular weight excluding hydrogens is 202 g/mol. The van der Waals surface area contributed by atoms with Crippen molar-refractivity contribution in [2.75, 3.05) is 33.5 Å². The van der Waals surface area contributed by atoms with Crippen LogP contribution < -0.4 is 4.72 Å². The van der Waals surface area contributed by atoms with Crippen molar-refractivity contribution in [1.29, 1.82) is 0 Å². The number of rotatable bonds is 8. The molecule has 2 N–H and O–H groups in total. The number of thiol groups is 1.